The standard InChI is InChI=1S/C5H10FNO2/c6-3-1-2-4-7-5(8)9/h7H,1-4H2,(H,8,9). The highest BCUT2D eigenvalue weighted by Gasteiger charge is 1.91. The van der Waals surface area contributed by atoms with Crippen molar-refractivity contribution in [1.82, 2.24) is 5.32 Å². The molecular weight excluding hydrogens is 125 g/mol. The van der Waals surface area contributed by atoms with Crippen LogP contribution in [0.15, 0.2) is 0 Å². The molecule has 0 aliphatic rings. The largest absolute Gasteiger partial charge is 0.465 e. The summed E-state index contributed by atoms with van der Waals surface area (Å²) in [4.78, 5) is 9.76. The van der Waals surface area contributed by atoms with Crippen molar-refractivity contribution in [3.05, 3.63) is 0 Å². The predicted octanol–water partition coefficient (Wildman–Crippen LogP) is 1.00. The highest BCUT2D eigenvalue weighted by Crippen LogP contribution is 1.85. The molecule has 0 aliphatic heterocycles. The molecular formula is C5H10FNO2. The van der Waals surface area contributed by atoms with Crippen LogP contribution in [0.2, 0.25) is 0 Å². The molecule has 0 saturated heterocycles. The van der Waals surface area contributed by atoms with Crippen LogP contribution in [0.3, 0.4) is 0 Å². The summed E-state index contributed by atoms with van der Waals surface area (Å²) in [6.45, 7) is -0.0272. The van der Waals surface area contributed by atoms with Gasteiger partial charge in [0.05, 0.1) is 6.67 Å². The first-order valence-corrected chi connectivity index (χ1v) is 2.80. The van der Waals surface area contributed by atoms with Gasteiger partial charge >= 0.3 is 6.09 Å². The van der Waals surface area contributed by atoms with E-state index < -0.39 is 6.09 Å². The van der Waals surface area contributed by atoms with Crippen LogP contribution >= 0.6 is 0 Å². The second-order valence-electron chi connectivity index (χ2n) is 1.63. The first-order chi connectivity index (χ1) is 4.27. The van der Waals surface area contributed by atoms with Crippen molar-refractivity contribution >= 4 is 6.09 Å². The highest BCUT2D eigenvalue weighted by atomic mass is 19.1. The lowest BCUT2D eigenvalue weighted by Gasteiger charge is -1.96. The van der Waals surface area contributed by atoms with E-state index >= 15 is 0 Å². The van der Waals surface area contributed by atoms with E-state index in [0.717, 1.165) is 0 Å². The number of halogens is 1. The molecule has 54 valence electrons. The predicted molar refractivity (Wildman–Crippen MR) is 31.2 cm³/mol. The number of amides is 1. The number of rotatable bonds is 4. The van der Waals surface area contributed by atoms with Gasteiger partial charge in [-0.15, -0.1) is 0 Å². The molecule has 4 heteroatoms. The summed E-state index contributed by atoms with van der Waals surface area (Å²) in [6.07, 6.45) is -0.0443. The number of nitrogens with one attached hydrogen (secondary N) is 1. The van der Waals surface area contributed by atoms with Crippen LogP contribution in [0.4, 0.5) is 9.18 Å². The quantitative estimate of drug-likeness (QED) is 0.565. The fourth-order valence-electron chi connectivity index (χ4n) is 0.415. The molecule has 2 N–H and O–H groups in total. The Bertz CT molecular complexity index is 87.0. The van der Waals surface area contributed by atoms with E-state index in [1.54, 1.807) is 0 Å². The van der Waals surface area contributed by atoms with Crippen LogP contribution in [0.1, 0.15) is 12.8 Å². The number of hydrogen-bond donors (Lipinski definition) is 2. The van der Waals surface area contributed by atoms with Crippen molar-refractivity contribution in [1.29, 1.82) is 0 Å². The van der Waals surface area contributed by atoms with Gasteiger partial charge in [0.2, 0.25) is 0 Å². The van der Waals surface area contributed by atoms with Gasteiger partial charge in [0.15, 0.2) is 0 Å². The van der Waals surface area contributed by atoms with Crippen LogP contribution in [0.5, 0.6) is 0 Å². The summed E-state index contributed by atoms with van der Waals surface area (Å²) in [5, 5.41) is 10.1. The van der Waals surface area contributed by atoms with Gasteiger partial charge in [0.1, 0.15) is 0 Å². The maximum atomic E-state index is 11.3. The zero-order chi connectivity index (χ0) is 7.11. The van der Waals surface area contributed by atoms with Gasteiger partial charge < -0.3 is 10.4 Å². The van der Waals surface area contributed by atoms with E-state index in [1.807, 2.05) is 0 Å². The number of carboxylic acid groups (broad SMARTS) is 1. The van der Waals surface area contributed by atoms with Gasteiger partial charge in [-0.25, -0.2) is 4.79 Å². The first-order valence-electron chi connectivity index (χ1n) is 2.80. The molecule has 0 aromatic rings. The lowest BCUT2D eigenvalue weighted by molar-refractivity contribution is 0.194. The Morgan fingerprint density at radius 3 is 2.67 bits per heavy atom. The lowest BCUT2D eigenvalue weighted by atomic mass is 10.3. The van der Waals surface area contributed by atoms with Crippen molar-refractivity contribution in [2.45, 2.75) is 12.8 Å². The third kappa shape index (κ3) is 7.20. The minimum atomic E-state index is -1.05. The zero-order valence-electron chi connectivity index (χ0n) is 5.06. The maximum absolute atomic E-state index is 11.3. The molecule has 0 aromatic carbocycles. The van der Waals surface area contributed by atoms with Crippen molar-refractivity contribution in [3.63, 3.8) is 0 Å². The number of hydrogen-bond acceptors (Lipinski definition) is 1. The fraction of sp³-hybridized carbons (Fsp3) is 0.800. The SMILES string of the molecule is O=C(O)NCCCCF. The summed E-state index contributed by atoms with van der Waals surface area (Å²) in [5.41, 5.74) is 0. The molecule has 0 radical (unpaired) electrons. The third-order valence-electron chi connectivity index (χ3n) is 0.837. The summed E-state index contributed by atoms with van der Waals surface area (Å²) >= 11 is 0. The molecule has 0 heterocycles. The van der Waals surface area contributed by atoms with Gasteiger partial charge in [0, 0.05) is 6.54 Å². The van der Waals surface area contributed by atoms with Gasteiger partial charge in [0.25, 0.3) is 0 Å². The monoisotopic (exact) mass is 135 g/mol. The third-order valence-corrected chi connectivity index (χ3v) is 0.837. The Labute approximate surface area is 52.9 Å². The minimum absolute atomic E-state index is 0.346. The summed E-state index contributed by atoms with van der Waals surface area (Å²) in [5.74, 6) is 0. The highest BCUT2D eigenvalue weighted by molar-refractivity contribution is 5.64. The molecule has 0 bridgehead atoms. The van der Waals surface area contributed by atoms with Crippen molar-refractivity contribution in [2.24, 2.45) is 0 Å². The van der Waals surface area contributed by atoms with E-state index in [4.69, 9.17) is 5.11 Å². The van der Waals surface area contributed by atoms with E-state index in [2.05, 4.69) is 5.32 Å². The topological polar surface area (TPSA) is 49.3 Å². The Morgan fingerprint density at radius 1 is 1.56 bits per heavy atom. The Morgan fingerprint density at radius 2 is 2.22 bits per heavy atom. The molecule has 3 nitrogen and oxygen atoms in total. The van der Waals surface area contributed by atoms with E-state index in [1.165, 1.54) is 0 Å². The van der Waals surface area contributed by atoms with Crippen LogP contribution in [-0.4, -0.2) is 24.4 Å². The van der Waals surface area contributed by atoms with E-state index in [9.17, 15) is 9.18 Å². The van der Waals surface area contributed by atoms with Gasteiger partial charge in [-0.3, -0.25) is 4.39 Å². The molecule has 1 amide bonds. The summed E-state index contributed by atoms with van der Waals surface area (Å²) in [7, 11) is 0. The van der Waals surface area contributed by atoms with Crippen molar-refractivity contribution in [2.75, 3.05) is 13.2 Å². The molecule has 0 saturated carbocycles. The molecule has 0 aromatic heterocycles. The van der Waals surface area contributed by atoms with Gasteiger partial charge in [-0.05, 0) is 12.8 Å². The van der Waals surface area contributed by atoms with Crippen molar-refractivity contribution in [3.8, 4) is 0 Å². The Balaban J connectivity index is 2.83. The van der Waals surface area contributed by atoms with Gasteiger partial charge in [-0.2, -0.15) is 0 Å². The number of carbonyl (C=O) groups is 1. The van der Waals surface area contributed by atoms with E-state index in [0.29, 0.717) is 19.4 Å². The molecule has 0 aliphatic carbocycles. The second kappa shape index (κ2) is 5.34. The Hall–Kier alpha value is -0.800. The van der Waals surface area contributed by atoms with Gasteiger partial charge in [-0.1, -0.05) is 0 Å². The summed E-state index contributed by atoms with van der Waals surface area (Å²) in [6, 6.07) is 0. The molecule has 0 rings (SSSR count). The van der Waals surface area contributed by atoms with Crippen LogP contribution in [-0.2, 0) is 0 Å². The normalized spacial score (nSPS) is 9.00. The van der Waals surface area contributed by atoms with Crippen LogP contribution < -0.4 is 5.32 Å². The average molecular weight is 135 g/mol. The minimum Gasteiger partial charge on any atom is -0.465 e. The first kappa shape index (κ1) is 8.20. The molecule has 9 heavy (non-hydrogen) atoms. The smallest absolute Gasteiger partial charge is 0.404 e. The van der Waals surface area contributed by atoms with Crippen LogP contribution in [0, 0.1) is 0 Å². The molecule has 0 atom stereocenters. The molecule has 0 fully saturated rings. The summed E-state index contributed by atoms with van der Waals surface area (Å²) < 4.78 is 11.3. The fourth-order valence-corrected chi connectivity index (χ4v) is 0.415. The average Bonchev–Trinajstić information content (AvgIpc) is 1.80. The molecule has 0 spiro atoms. The van der Waals surface area contributed by atoms with Crippen LogP contribution in [0.25, 0.3) is 0 Å². The maximum Gasteiger partial charge on any atom is 0.404 e. The van der Waals surface area contributed by atoms with Crippen molar-refractivity contribution < 1.29 is 14.3 Å². The van der Waals surface area contributed by atoms with E-state index in [-0.39, 0.29) is 6.67 Å². The number of unbranched alkanes of at least 4 members (excludes halogenated alkanes) is 1. The second-order valence-corrected chi connectivity index (χ2v) is 1.63. The molecule has 0 unspecified atom stereocenters. The lowest BCUT2D eigenvalue weighted by Crippen LogP contribution is -2.21. The number of alkyl halides is 1. The Kier molecular flexibility index (Phi) is 4.86. The zero-order valence-corrected chi connectivity index (χ0v) is 5.06.